The lowest BCUT2D eigenvalue weighted by Crippen LogP contribution is -2.48. The summed E-state index contributed by atoms with van der Waals surface area (Å²) in [5.41, 5.74) is 6.93. The van der Waals surface area contributed by atoms with Crippen molar-refractivity contribution in [1.29, 1.82) is 0 Å². The van der Waals surface area contributed by atoms with Crippen molar-refractivity contribution in [3.8, 4) is 33.6 Å². The van der Waals surface area contributed by atoms with E-state index >= 15 is 0 Å². The van der Waals surface area contributed by atoms with Gasteiger partial charge in [0.1, 0.15) is 23.7 Å². The molecular formula is C49H54N8O4. The molecule has 2 saturated heterocycles. The number of hydrogen-bond donors (Lipinski definition) is 4. The highest BCUT2D eigenvalue weighted by Gasteiger charge is 2.38. The third-order valence-corrected chi connectivity index (χ3v) is 12.0. The normalized spacial score (nSPS) is 17.3. The molecule has 0 saturated carbocycles. The fourth-order valence-electron chi connectivity index (χ4n) is 8.61. The Morgan fingerprint density at radius 2 is 1.18 bits per heavy atom. The number of nitrogens with one attached hydrogen (secondary N) is 4. The zero-order chi connectivity index (χ0) is 42.6. The Balaban J connectivity index is 0.942. The zero-order valence-electron chi connectivity index (χ0n) is 35.3. The highest BCUT2D eigenvalue weighted by molar-refractivity contribution is 5.91. The van der Waals surface area contributed by atoms with Crippen LogP contribution < -0.4 is 10.6 Å². The third-order valence-electron chi connectivity index (χ3n) is 12.0. The molecule has 2 aromatic heterocycles. The van der Waals surface area contributed by atoms with Crippen LogP contribution in [0.5, 0.6) is 0 Å². The van der Waals surface area contributed by atoms with Crippen LogP contribution >= 0.6 is 0 Å². The number of likely N-dealkylation sites (tertiary alicyclic amines) is 2. The maximum atomic E-state index is 14.0. The summed E-state index contributed by atoms with van der Waals surface area (Å²) >= 11 is 0. The number of amides is 2. The van der Waals surface area contributed by atoms with Crippen molar-refractivity contribution < 1.29 is 19.1 Å². The molecule has 2 aliphatic heterocycles. The summed E-state index contributed by atoms with van der Waals surface area (Å²) in [7, 11) is 3.08. The maximum absolute atomic E-state index is 14.0. The van der Waals surface area contributed by atoms with Crippen LogP contribution in [0.2, 0.25) is 0 Å². The number of rotatable bonds is 15. The van der Waals surface area contributed by atoms with Crippen molar-refractivity contribution in [1.82, 2.24) is 40.4 Å². The van der Waals surface area contributed by atoms with Crippen LogP contribution in [-0.2, 0) is 19.1 Å². The number of imidazole rings is 2. The molecule has 0 bridgehead atoms. The molecule has 4 N–H and O–H groups in total. The van der Waals surface area contributed by atoms with Gasteiger partial charge < -0.3 is 39.9 Å². The molecule has 4 atom stereocenters. The van der Waals surface area contributed by atoms with E-state index in [4.69, 9.17) is 19.4 Å². The maximum Gasteiger partial charge on any atom is 0.250 e. The van der Waals surface area contributed by atoms with Gasteiger partial charge in [-0.1, -0.05) is 92.7 Å². The number of carbonyl (C=O) groups excluding carboxylic acids is 2. The summed E-state index contributed by atoms with van der Waals surface area (Å²) in [6.45, 7) is 13.1. The lowest BCUT2D eigenvalue weighted by atomic mass is 9.98. The minimum absolute atomic E-state index is 0.0262. The van der Waals surface area contributed by atoms with Gasteiger partial charge in [0, 0.05) is 18.7 Å². The van der Waals surface area contributed by atoms with E-state index in [0.29, 0.717) is 24.9 Å². The van der Waals surface area contributed by atoms with Crippen LogP contribution in [0.4, 0.5) is 0 Å². The highest BCUT2D eigenvalue weighted by Crippen LogP contribution is 2.36. The molecular weight excluding hydrogens is 765 g/mol. The van der Waals surface area contributed by atoms with Crippen LogP contribution in [0.25, 0.3) is 44.4 Å². The number of benzene rings is 4. The third kappa shape index (κ3) is 8.61. The van der Waals surface area contributed by atoms with Crippen LogP contribution in [0.1, 0.15) is 74.9 Å². The lowest BCUT2D eigenvalue weighted by molar-refractivity contribution is -0.136. The van der Waals surface area contributed by atoms with Gasteiger partial charge in [0.25, 0.3) is 0 Å². The topological polar surface area (TPSA) is 140 Å². The van der Waals surface area contributed by atoms with Crippen LogP contribution in [0.15, 0.2) is 128 Å². The molecule has 8 rings (SSSR count). The molecule has 2 amide bonds. The molecule has 12 heteroatoms. The first-order valence-electron chi connectivity index (χ1n) is 21.0. The summed E-state index contributed by atoms with van der Waals surface area (Å²) in [5, 5.41) is 8.57. The van der Waals surface area contributed by atoms with E-state index in [0.717, 1.165) is 87.3 Å². The van der Waals surface area contributed by atoms with Gasteiger partial charge in [-0.05, 0) is 89.9 Å². The molecule has 4 heterocycles. The van der Waals surface area contributed by atoms with Gasteiger partial charge >= 0.3 is 0 Å². The Kier molecular flexibility index (Phi) is 11.9. The Morgan fingerprint density at radius 1 is 0.672 bits per heavy atom. The molecule has 2 aliphatic rings. The fourth-order valence-corrected chi connectivity index (χ4v) is 8.61. The minimum atomic E-state index is -0.625. The number of aromatic amines is 2. The molecule has 12 nitrogen and oxygen atoms in total. The zero-order valence-corrected chi connectivity index (χ0v) is 35.3. The van der Waals surface area contributed by atoms with Crippen molar-refractivity contribution in [2.24, 2.45) is 5.92 Å². The summed E-state index contributed by atoms with van der Waals surface area (Å²) in [4.78, 5) is 48.2. The van der Waals surface area contributed by atoms with E-state index in [-0.39, 0.29) is 29.8 Å². The molecule has 0 radical (unpaired) electrons. The molecule has 6 aromatic rings. The van der Waals surface area contributed by atoms with Gasteiger partial charge in [-0.15, -0.1) is 0 Å². The van der Waals surface area contributed by atoms with E-state index in [1.807, 2.05) is 66.4 Å². The van der Waals surface area contributed by atoms with Gasteiger partial charge in [-0.25, -0.2) is 9.97 Å². The number of carbonyl (C=O) groups is 2. The number of hydrogen-bond acceptors (Lipinski definition) is 8. The van der Waals surface area contributed by atoms with Gasteiger partial charge in [-0.3, -0.25) is 9.59 Å². The van der Waals surface area contributed by atoms with E-state index in [1.54, 1.807) is 7.11 Å². The van der Waals surface area contributed by atoms with Crippen molar-refractivity contribution in [2.45, 2.75) is 63.7 Å². The van der Waals surface area contributed by atoms with Gasteiger partial charge in [0.15, 0.2) is 11.8 Å². The van der Waals surface area contributed by atoms with E-state index < -0.39 is 12.1 Å². The number of methoxy groups -OCH3 is 2. The predicted molar refractivity (Wildman–Crippen MR) is 238 cm³/mol. The second-order valence-corrected chi connectivity index (χ2v) is 16.2. The molecule has 2 fully saturated rings. The second-order valence-electron chi connectivity index (χ2n) is 16.2. The monoisotopic (exact) mass is 818 g/mol. The van der Waals surface area contributed by atoms with Gasteiger partial charge in [-0.2, -0.15) is 0 Å². The van der Waals surface area contributed by atoms with Crippen molar-refractivity contribution in [2.75, 3.05) is 27.3 Å². The van der Waals surface area contributed by atoms with Crippen LogP contribution in [0.3, 0.4) is 0 Å². The Morgan fingerprint density at radius 3 is 1.77 bits per heavy atom. The second kappa shape index (κ2) is 17.8. The molecule has 2 unspecified atom stereocenters. The Labute approximate surface area is 357 Å². The van der Waals surface area contributed by atoms with Crippen LogP contribution in [-0.4, -0.2) is 74.9 Å². The average Bonchev–Trinajstić information content (AvgIpc) is 4.14. The van der Waals surface area contributed by atoms with Gasteiger partial charge in [0.2, 0.25) is 11.8 Å². The largest absolute Gasteiger partial charge is 0.483 e. The number of fused-ring (bicyclic) bond motifs is 1. The van der Waals surface area contributed by atoms with Crippen molar-refractivity contribution >= 4 is 22.6 Å². The summed E-state index contributed by atoms with van der Waals surface area (Å²) in [6, 6.07) is 29.7. The fraction of sp³-hybridized carbons (Fsp3) is 0.306. The molecule has 61 heavy (non-hydrogen) atoms. The molecule has 314 valence electrons. The van der Waals surface area contributed by atoms with Crippen molar-refractivity contribution in [3.63, 3.8) is 0 Å². The van der Waals surface area contributed by atoms with Crippen LogP contribution in [0, 0.1) is 5.92 Å². The van der Waals surface area contributed by atoms with Gasteiger partial charge in [0.05, 0.1) is 50.1 Å². The standard InChI is InChI=1S/C49H54N8O4/c1-30(2)44(52-31(3)60-5)48(58)56-24-10-14-42(56)47-51-29-41(55-47)39-23-22-37-26-36(20-21-38(37)27-39)33-16-18-34(19-17-33)40-28-50-46(54-40)43-15-11-25-57(43)49(59)45(53-32(4)61-6)35-12-8-7-9-13-35/h7-9,12-13,16-23,26-30,42-45,52-53H,3-4,10-11,14-15,24-25H2,1-2,5-6H3,(H,50,54)(H,51,55)/t42?,43?,44-,45-/m0/s1. The number of ether oxygens (including phenoxy) is 2. The Bertz CT molecular complexity index is 2530. The number of nitrogens with zero attached hydrogens (tertiary/aromatic N) is 4. The molecule has 4 aromatic carbocycles. The first kappa shape index (κ1) is 40.9. The lowest BCUT2D eigenvalue weighted by Gasteiger charge is -2.31. The quantitative estimate of drug-likeness (QED) is 0.0755. The molecule has 0 aliphatic carbocycles. The first-order valence-corrected chi connectivity index (χ1v) is 21.0. The summed E-state index contributed by atoms with van der Waals surface area (Å²) < 4.78 is 10.5. The predicted octanol–water partition coefficient (Wildman–Crippen LogP) is 8.79. The average molecular weight is 819 g/mol. The SMILES string of the molecule is C=C(N[C@H](C(=O)N1CCCC1c1ncc(-c2ccc(-c3ccc4cc(-c5cnc(C6CCCN6C(=O)[C@@H](NC(=C)OC)C(C)C)[nH]5)ccc4c3)cc2)[nH]1)c1ccccc1)OC. The van der Waals surface area contributed by atoms with E-state index in [9.17, 15) is 9.59 Å². The minimum Gasteiger partial charge on any atom is -0.483 e. The molecule has 0 spiro atoms. The summed E-state index contributed by atoms with van der Waals surface area (Å²) in [5.74, 6) is 2.32. The number of aromatic nitrogens is 4. The Hall–Kier alpha value is -6.82. The van der Waals surface area contributed by atoms with Crippen molar-refractivity contribution in [3.05, 3.63) is 146 Å². The van der Waals surface area contributed by atoms with E-state index in [1.165, 1.54) is 7.11 Å². The van der Waals surface area contributed by atoms with E-state index in [2.05, 4.69) is 94.4 Å². The smallest absolute Gasteiger partial charge is 0.250 e. The first-order chi connectivity index (χ1) is 29.6. The number of H-pyrrole nitrogens is 2. The highest BCUT2D eigenvalue weighted by atomic mass is 16.5. The summed E-state index contributed by atoms with van der Waals surface area (Å²) in [6.07, 6.45) is 7.19.